The zero-order valence-electron chi connectivity index (χ0n) is 11.4. The summed E-state index contributed by atoms with van der Waals surface area (Å²) in [6, 6.07) is 5.95. The maximum absolute atomic E-state index is 11.8. The van der Waals surface area contributed by atoms with Crippen molar-refractivity contribution in [2.45, 2.75) is 39.0 Å². The van der Waals surface area contributed by atoms with E-state index in [4.69, 9.17) is 0 Å². The standard InChI is InChI=1S/C14H21NO2S/c1-9-5-6-13(10(2)7-9)15-14(17)8-18-12(4)11(3)16/h5-7,11-12,16H,8H2,1-4H3,(H,15,17). The van der Waals surface area contributed by atoms with Gasteiger partial charge in [-0.2, -0.15) is 0 Å². The number of aryl methyl sites for hydroxylation is 2. The van der Waals surface area contributed by atoms with Gasteiger partial charge in [-0.15, -0.1) is 11.8 Å². The number of hydrogen-bond donors (Lipinski definition) is 2. The monoisotopic (exact) mass is 267 g/mol. The summed E-state index contributed by atoms with van der Waals surface area (Å²) in [4.78, 5) is 11.8. The van der Waals surface area contributed by atoms with E-state index in [9.17, 15) is 9.90 Å². The summed E-state index contributed by atoms with van der Waals surface area (Å²) in [5, 5.41) is 12.3. The van der Waals surface area contributed by atoms with E-state index in [0.717, 1.165) is 11.3 Å². The molecule has 0 aliphatic rings. The molecule has 1 rings (SSSR count). The van der Waals surface area contributed by atoms with Crippen LogP contribution < -0.4 is 5.32 Å². The van der Waals surface area contributed by atoms with Crippen LogP contribution in [0.5, 0.6) is 0 Å². The van der Waals surface area contributed by atoms with E-state index in [-0.39, 0.29) is 11.2 Å². The fourth-order valence-electron chi connectivity index (χ4n) is 1.49. The van der Waals surface area contributed by atoms with E-state index in [1.807, 2.05) is 39.0 Å². The highest BCUT2D eigenvalue weighted by atomic mass is 32.2. The third kappa shape index (κ3) is 4.70. The molecule has 3 nitrogen and oxygen atoms in total. The van der Waals surface area contributed by atoms with Gasteiger partial charge in [-0.05, 0) is 32.4 Å². The molecule has 0 aromatic heterocycles. The minimum atomic E-state index is -0.399. The van der Waals surface area contributed by atoms with Crippen molar-refractivity contribution < 1.29 is 9.90 Å². The number of nitrogens with one attached hydrogen (secondary N) is 1. The van der Waals surface area contributed by atoms with Crippen molar-refractivity contribution in [3.63, 3.8) is 0 Å². The first-order valence-corrected chi connectivity index (χ1v) is 7.12. The average Bonchev–Trinajstić information content (AvgIpc) is 2.29. The summed E-state index contributed by atoms with van der Waals surface area (Å²) in [5.41, 5.74) is 3.11. The van der Waals surface area contributed by atoms with Gasteiger partial charge in [-0.3, -0.25) is 4.79 Å². The second-order valence-corrected chi connectivity index (χ2v) is 5.99. The molecule has 0 aliphatic heterocycles. The number of hydrogen-bond acceptors (Lipinski definition) is 3. The van der Waals surface area contributed by atoms with Crippen LogP contribution in [0.25, 0.3) is 0 Å². The van der Waals surface area contributed by atoms with Crippen molar-refractivity contribution in [2.24, 2.45) is 0 Å². The predicted octanol–water partition coefficient (Wildman–Crippen LogP) is 2.74. The molecule has 18 heavy (non-hydrogen) atoms. The molecule has 2 N–H and O–H groups in total. The van der Waals surface area contributed by atoms with Gasteiger partial charge in [0.15, 0.2) is 0 Å². The quantitative estimate of drug-likeness (QED) is 0.862. The molecule has 100 valence electrons. The van der Waals surface area contributed by atoms with E-state index in [1.165, 1.54) is 17.3 Å². The number of benzene rings is 1. The number of thioether (sulfide) groups is 1. The normalized spacial score (nSPS) is 14.1. The number of carbonyl (C=O) groups excluding carboxylic acids is 1. The Morgan fingerprint density at radius 2 is 2.06 bits per heavy atom. The van der Waals surface area contributed by atoms with Crippen molar-refractivity contribution in [2.75, 3.05) is 11.1 Å². The van der Waals surface area contributed by atoms with Gasteiger partial charge in [0.05, 0.1) is 11.9 Å². The van der Waals surface area contributed by atoms with Crippen LogP contribution in [0.15, 0.2) is 18.2 Å². The third-order valence-corrected chi connectivity index (χ3v) is 4.16. The number of rotatable bonds is 5. The van der Waals surface area contributed by atoms with Gasteiger partial charge >= 0.3 is 0 Å². The molecule has 4 heteroatoms. The highest BCUT2D eigenvalue weighted by Crippen LogP contribution is 2.18. The molecule has 0 fully saturated rings. The van der Waals surface area contributed by atoms with Crippen LogP contribution >= 0.6 is 11.8 Å². The Morgan fingerprint density at radius 1 is 1.39 bits per heavy atom. The molecule has 2 unspecified atom stereocenters. The summed E-state index contributed by atoms with van der Waals surface area (Å²) in [6.07, 6.45) is -0.399. The number of carbonyl (C=O) groups is 1. The summed E-state index contributed by atoms with van der Waals surface area (Å²) in [6.45, 7) is 7.66. The van der Waals surface area contributed by atoms with Gasteiger partial charge in [-0.25, -0.2) is 0 Å². The summed E-state index contributed by atoms with van der Waals surface area (Å²) in [7, 11) is 0. The van der Waals surface area contributed by atoms with Crippen LogP contribution in [-0.2, 0) is 4.79 Å². The summed E-state index contributed by atoms with van der Waals surface area (Å²) < 4.78 is 0. The molecule has 2 atom stereocenters. The fraction of sp³-hybridized carbons (Fsp3) is 0.500. The van der Waals surface area contributed by atoms with E-state index in [0.29, 0.717) is 5.75 Å². The highest BCUT2D eigenvalue weighted by Gasteiger charge is 2.12. The van der Waals surface area contributed by atoms with Crippen LogP contribution in [0.1, 0.15) is 25.0 Å². The summed E-state index contributed by atoms with van der Waals surface area (Å²) in [5.74, 6) is 0.332. The zero-order chi connectivity index (χ0) is 13.7. The largest absolute Gasteiger partial charge is 0.392 e. The number of anilines is 1. The van der Waals surface area contributed by atoms with Gasteiger partial charge < -0.3 is 10.4 Å². The SMILES string of the molecule is Cc1ccc(NC(=O)CSC(C)C(C)O)c(C)c1. The second-order valence-electron chi connectivity index (χ2n) is 4.62. The van der Waals surface area contributed by atoms with Gasteiger partial charge in [0.1, 0.15) is 0 Å². The molecule has 0 radical (unpaired) electrons. The Hall–Kier alpha value is -1.00. The maximum atomic E-state index is 11.8. The molecule has 1 aromatic rings. The molecule has 0 bridgehead atoms. The van der Waals surface area contributed by atoms with Gasteiger partial charge in [0.2, 0.25) is 5.91 Å². The lowest BCUT2D eigenvalue weighted by molar-refractivity contribution is -0.113. The minimum absolute atomic E-state index is 0.0283. The van der Waals surface area contributed by atoms with Crippen molar-refractivity contribution in [3.8, 4) is 0 Å². The first kappa shape index (κ1) is 15.1. The van der Waals surface area contributed by atoms with Crippen LogP contribution in [0.2, 0.25) is 0 Å². The molecule has 1 aromatic carbocycles. The Morgan fingerprint density at radius 3 is 2.61 bits per heavy atom. The van der Waals surface area contributed by atoms with Crippen molar-refractivity contribution in [1.82, 2.24) is 0 Å². The van der Waals surface area contributed by atoms with Crippen LogP contribution in [0.4, 0.5) is 5.69 Å². The van der Waals surface area contributed by atoms with E-state index >= 15 is 0 Å². The summed E-state index contributed by atoms with van der Waals surface area (Å²) >= 11 is 1.46. The molecule has 0 spiro atoms. The second kappa shape index (κ2) is 6.81. The molecule has 1 amide bonds. The number of aliphatic hydroxyl groups excluding tert-OH is 1. The third-order valence-electron chi connectivity index (χ3n) is 2.81. The average molecular weight is 267 g/mol. The van der Waals surface area contributed by atoms with E-state index in [2.05, 4.69) is 5.32 Å². The van der Waals surface area contributed by atoms with E-state index < -0.39 is 6.10 Å². The Balaban J connectivity index is 2.50. The lowest BCUT2D eigenvalue weighted by atomic mass is 10.1. The minimum Gasteiger partial charge on any atom is -0.392 e. The molecule has 0 heterocycles. The number of amides is 1. The smallest absolute Gasteiger partial charge is 0.234 e. The highest BCUT2D eigenvalue weighted by molar-refractivity contribution is 8.00. The number of aliphatic hydroxyl groups is 1. The lowest BCUT2D eigenvalue weighted by Gasteiger charge is -2.14. The molecule has 0 aliphatic carbocycles. The molecular formula is C14H21NO2S. The first-order chi connectivity index (χ1) is 8.40. The topological polar surface area (TPSA) is 49.3 Å². The van der Waals surface area contributed by atoms with Crippen LogP contribution in [0.3, 0.4) is 0 Å². The van der Waals surface area contributed by atoms with Crippen molar-refractivity contribution in [1.29, 1.82) is 0 Å². The molecule has 0 saturated carbocycles. The van der Waals surface area contributed by atoms with E-state index in [1.54, 1.807) is 6.92 Å². The van der Waals surface area contributed by atoms with Crippen molar-refractivity contribution in [3.05, 3.63) is 29.3 Å². The maximum Gasteiger partial charge on any atom is 0.234 e. The molecule has 0 saturated heterocycles. The van der Waals surface area contributed by atoms with Gasteiger partial charge in [0.25, 0.3) is 0 Å². The van der Waals surface area contributed by atoms with Gasteiger partial charge in [0, 0.05) is 10.9 Å². The fourth-order valence-corrected chi connectivity index (χ4v) is 2.25. The first-order valence-electron chi connectivity index (χ1n) is 6.07. The predicted molar refractivity (Wildman–Crippen MR) is 78.1 cm³/mol. The van der Waals surface area contributed by atoms with Gasteiger partial charge in [-0.1, -0.05) is 24.6 Å². The van der Waals surface area contributed by atoms with Crippen LogP contribution in [-0.4, -0.2) is 28.1 Å². The Labute approximate surface area is 113 Å². The van der Waals surface area contributed by atoms with Crippen molar-refractivity contribution >= 4 is 23.4 Å². The zero-order valence-corrected chi connectivity index (χ0v) is 12.2. The Kier molecular flexibility index (Phi) is 5.69. The lowest BCUT2D eigenvalue weighted by Crippen LogP contribution is -2.21. The molecular weight excluding hydrogens is 246 g/mol. The Bertz CT molecular complexity index is 418. The van der Waals surface area contributed by atoms with Crippen LogP contribution in [0, 0.1) is 13.8 Å².